The molecular formula is C31H50O. The van der Waals surface area contributed by atoms with E-state index in [2.05, 4.69) is 54.2 Å². The Balaban J connectivity index is 1.36. The van der Waals surface area contributed by atoms with Gasteiger partial charge in [0.05, 0.1) is 6.10 Å². The van der Waals surface area contributed by atoms with Crippen molar-refractivity contribution in [2.24, 2.45) is 51.2 Å². The van der Waals surface area contributed by atoms with Crippen molar-refractivity contribution >= 4 is 0 Å². The lowest BCUT2D eigenvalue weighted by Gasteiger charge is -2.58. The van der Waals surface area contributed by atoms with E-state index in [0.29, 0.717) is 33.5 Å². The lowest BCUT2D eigenvalue weighted by molar-refractivity contribution is -0.0342. The lowest BCUT2D eigenvalue weighted by atomic mass is 9.47. The van der Waals surface area contributed by atoms with Crippen molar-refractivity contribution in [2.75, 3.05) is 0 Å². The average molecular weight is 439 g/mol. The van der Waals surface area contributed by atoms with Crippen LogP contribution in [0.5, 0.6) is 0 Å². The Kier molecular flexibility index (Phi) is 5.41. The second-order valence-corrected chi connectivity index (χ2v) is 14.1. The first-order valence-electron chi connectivity index (χ1n) is 14.0. The molecule has 0 aromatic carbocycles. The van der Waals surface area contributed by atoms with Crippen LogP contribution in [0.4, 0.5) is 0 Å². The summed E-state index contributed by atoms with van der Waals surface area (Å²) in [5.74, 6) is 3.86. The van der Waals surface area contributed by atoms with E-state index in [-0.39, 0.29) is 6.10 Å². The molecule has 5 aliphatic carbocycles. The van der Waals surface area contributed by atoms with Crippen LogP contribution in [0, 0.1) is 51.2 Å². The Hall–Kier alpha value is -0.560. The summed E-state index contributed by atoms with van der Waals surface area (Å²) in [5.41, 5.74) is 5.17. The Morgan fingerprint density at radius 2 is 1.81 bits per heavy atom. The van der Waals surface area contributed by atoms with Gasteiger partial charge in [-0.05, 0) is 129 Å². The quantitative estimate of drug-likeness (QED) is 0.413. The van der Waals surface area contributed by atoms with Crippen LogP contribution in [-0.2, 0) is 0 Å². The monoisotopic (exact) mass is 438 g/mol. The minimum Gasteiger partial charge on any atom is -0.393 e. The Morgan fingerprint density at radius 1 is 1.06 bits per heavy atom. The van der Waals surface area contributed by atoms with Gasteiger partial charge in [0.15, 0.2) is 0 Å². The summed E-state index contributed by atoms with van der Waals surface area (Å²) >= 11 is 0. The zero-order chi connectivity index (χ0) is 23.1. The summed E-state index contributed by atoms with van der Waals surface area (Å²) in [6.45, 7) is 19.3. The van der Waals surface area contributed by atoms with Gasteiger partial charge in [-0.1, -0.05) is 58.4 Å². The minimum atomic E-state index is -0.0298. The smallest absolute Gasteiger partial charge is 0.0546 e. The Morgan fingerprint density at radius 3 is 2.50 bits per heavy atom. The van der Waals surface area contributed by atoms with E-state index in [4.69, 9.17) is 0 Å². The maximum absolute atomic E-state index is 10.4. The predicted octanol–water partition coefficient (Wildman–Crippen LogP) is 8.34. The van der Waals surface area contributed by atoms with Gasteiger partial charge in [0.2, 0.25) is 0 Å². The van der Waals surface area contributed by atoms with Crippen molar-refractivity contribution in [3.63, 3.8) is 0 Å². The zero-order valence-electron chi connectivity index (χ0n) is 22.0. The fourth-order valence-corrected chi connectivity index (χ4v) is 10.5. The SMILES string of the molecule is C=C(C)C(CCC(C)C1CCC2(C)C3CCC45CC(O)CCC4(C5)C3=CCC12C)C(C)C. The summed E-state index contributed by atoms with van der Waals surface area (Å²) in [4.78, 5) is 0. The fraction of sp³-hybridized carbons (Fsp3) is 0.871. The number of hydrogen-bond acceptors (Lipinski definition) is 1. The van der Waals surface area contributed by atoms with E-state index in [9.17, 15) is 5.11 Å². The third kappa shape index (κ3) is 2.98. The van der Waals surface area contributed by atoms with Crippen molar-refractivity contribution in [2.45, 2.75) is 118 Å². The molecule has 5 rings (SSSR count). The standard InChI is InChI=1S/C31H50O/c1-20(2)24(21(3)4)9-8-22(5)25-11-14-29(7)26-13-16-30-18-23(32)10-17-31(30,19-30)27(26)12-15-28(25,29)6/h12,21-26,32H,1,8-11,13-19H2,2-7H3. The topological polar surface area (TPSA) is 20.2 Å². The normalized spacial score (nSPS) is 48.8. The molecule has 0 amide bonds. The van der Waals surface area contributed by atoms with Crippen molar-refractivity contribution in [1.29, 1.82) is 0 Å². The molecule has 0 bridgehead atoms. The highest BCUT2D eigenvalue weighted by molar-refractivity contribution is 5.41. The maximum atomic E-state index is 10.4. The van der Waals surface area contributed by atoms with E-state index in [1.165, 1.54) is 63.4 Å². The molecule has 0 saturated heterocycles. The van der Waals surface area contributed by atoms with E-state index < -0.39 is 0 Å². The molecule has 1 nitrogen and oxygen atoms in total. The third-order valence-electron chi connectivity index (χ3n) is 12.6. The summed E-state index contributed by atoms with van der Waals surface area (Å²) in [5, 5.41) is 10.4. The van der Waals surface area contributed by atoms with Crippen LogP contribution in [0.1, 0.15) is 112 Å². The van der Waals surface area contributed by atoms with Crippen LogP contribution < -0.4 is 0 Å². The van der Waals surface area contributed by atoms with Gasteiger partial charge in [0, 0.05) is 0 Å². The molecule has 0 spiro atoms. The van der Waals surface area contributed by atoms with E-state index >= 15 is 0 Å². The Labute approximate surface area is 198 Å². The third-order valence-corrected chi connectivity index (χ3v) is 12.6. The minimum absolute atomic E-state index is 0.0298. The molecule has 0 aromatic rings. The van der Waals surface area contributed by atoms with Gasteiger partial charge >= 0.3 is 0 Å². The summed E-state index contributed by atoms with van der Waals surface area (Å²) in [7, 11) is 0. The molecule has 0 heterocycles. The van der Waals surface area contributed by atoms with Crippen LogP contribution in [0.15, 0.2) is 23.8 Å². The van der Waals surface area contributed by atoms with Gasteiger partial charge in [-0.25, -0.2) is 0 Å². The maximum Gasteiger partial charge on any atom is 0.0546 e. The van der Waals surface area contributed by atoms with E-state index in [0.717, 1.165) is 30.6 Å². The second-order valence-electron chi connectivity index (χ2n) is 14.1. The largest absolute Gasteiger partial charge is 0.393 e. The molecule has 1 heteroatoms. The van der Waals surface area contributed by atoms with E-state index in [1.54, 1.807) is 0 Å². The van der Waals surface area contributed by atoms with E-state index in [1.807, 2.05) is 5.57 Å². The number of hydrogen-bond donors (Lipinski definition) is 1. The lowest BCUT2D eigenvalue weighted by Crippen LogP contribution is -2.50. The molecule has 0 aromatic heterocycles. The Bertz CT molecular complexity index is 803. The average Bonchev–Trinajstić information content (AvgIpc) is 3.31. The highest BCUT2D eigenvalue weighted by atomic mass is 16.3. The first kappa shape index (κ1) is 23.2. The number of aliphatic hydroxyl groups excluding tert-OH is 1. The van der Waals surface area contributed by atoms with Gasteiger partial charge in [-0.2, -0.15) is 0 Å². The van der Waals surface area contributed by atoms with Crippen molar-refractivity contribution in [3.05, 3.63) is 23.8 Å². The van der Waals surface area contributed by atoms with Gasteiger partial charge in [-0.3, -0.25) is 0 Å². The van der Waals surface area contributed by atoms with Gasteiger partial charge < -0.3 is 5.11 Å². The van der Waals surface area contributed by atoms with Crippen LogP contribution in [0.3, 0.4) is 0 Å². The molecule has 9 unspecified atom stereocenters. The van der Waals surface area contributed by atoms with Crippen LogP contribution in [0.2, 0.25) is 0 Å². The molecule has 32 heavy (non-hydrogen) atoms. The van der Waals surface area contributed by atoms with Crippen molar-refractivity contribution in [1.82, 2.24) is 0 Å². The fourth-order valence-electron chi connectivity index (χ4n) is 10.5. The van der Waals surface area contributed by atoms with Crippen LogP contribution in [-0.4, -0.2) is 11.2 Å². The molecule has 9 atom stereocenters. The number of allylic oxidation sites excluding steroid dienone is 3. The number of fused-ring (bicyclic) bond motifs is 3. The zero-order valence-corrected chi connectivity index (χ0v) is 22.0. The van der Waals surface area contributed by atoms with Crippen molar-refractivity contribution < 1.29 is 5.11 Å². The predicted molar refractivity (Wildman–Crippen MR) is 135 cm³/mol. The van der Waals surface area contributed by atoms with Crippen LogP contribution in [0.25, 0.3) is 0 Å². The van der Waals surface area contributed by atoms with Crippen molar-refractivity contribution in [3.8, 4) is 0 Å². The van der Waals surface area contributed by atoms with Gasteiger partial charge in [0.1, 0.15) is 0 Å². The molecule has 4 fully saturated rings. The molecule has 5 aliphatic rings. The highest BCUT2D eigenvalue weighted by Crippen LogP contribution is 2.83. The molecular weight excluding hydrogens is 388 g/mol. The summed E-state index contributed by atoms with van der Waals surface area (Å²) < 4.78 is 0. The molecule has 0 aliphatic heterocycles. The first-order valence-corrected chi connectivity index (χ1v) is 14.0. The first-order chi connectivity index (χ1) is 15.0. The second kappa shape index (κ2) is 7.47. The summed E-state index contributed by atoms with van der Waals surface area (Å²) in [6.07, 6.45) is 17.1. The highest BCUT2D eigenvalue weighted by Gasteiger charge is 2.75. The van der Waals surface area contributed by atoms with Gasteiger partial charge in [0.25, 0.3) is 0 Å². The molecule has 180 valence electrons. The number of aliphatic hydroxyl groups is 1. The molecule has 0 radical (unpaired) electrons. The number of rotatable bonds is 6. The van der Waals surface area contributed by atoms with Crippen LogP contribution >= 0.6 is 0 Å². The summed E-state index contributed by atoms with van der Waals surface area (Å²) in [6, 6.07) is 0. The molecule has 4 saturated carbocycles. The molecule has 1 N–H and O–H groups in total. The van der Waals surface area contributed by atoms with Gasteiger partial charge in [-0.15, -0.1) is 0 Å².